The summed E-state index contributed by atoms with van der Waals surface area (Å²) < 4.78 is 0. The molecule has 0 aromatic carbocycles. The minimum absolute atomic E-state index is 0.374. The Morgan fingerprint density at radius 3 is 2.95 bits per heavy atom. The maximum Gasteiger partial charge on any atom is 0.0565 e. The second-order valence-corrected chi connectivity index (χ2v) is 6.53. The third-order valence-electron chi connectivity index (χ3n) is 4.36. The zero-order chi connectivity index (χ0) is 13.8. The van der Waals surface area contributed by atoms with Gasteiger partial charge in [-0.15, -0.1) is 11.3 Å². The van der Waals surface area contributed by atoms with Crippen molar-refractivity contribution in [3.05, 3.63) is 21.9 Å². The van der Waals surface area contributed by atoms with Gasteiger partial charge in [0.25, 0.3) is 0 Å². The van der Waals surface area contributed by atoms with E-state index in [0.29, 0.717) is 18.6 Å². The van der Waals surface area contributed by atoms with Crippen molar-refractivity contribution in [1.29, 1.82) is 0 Å². The van der Waals surface area contributed by atoms with Crippen LogP contribution in [0.15, 0.2) is 11.4 Å². The molecule has 2 unspecified atom stereocenters. The van der Waals surface area contributed by atoms with Crippen molar-refractivity contribution in [3.8, 4) is 0 Å². The first-order valence-electron chi connectivity index (χ1n) is 7.35. The van der Waals surface area contributed by atoms with Gasteiger partial charge in [0.05, 0.1) is 6.04 Å². The van der Waals surface area contributed by atoms with E-state index in [0.717, 1.165) is 6.54 Å². The van der Waals surface area contributed by atoms with Gasteiger partial charge in [-0.1, -0.05) is 6.92 Å². The quantitative estimate of drug-likeness (QED) is 0.869. The molecule has 2 rings (SSSR count). The third kappa shape index (κ3) is 3.37. The van der Waals surface area contributed by atoms with Crippen LogP contribution in [-0.4, -0.2) is 49.1 Å². The second-order valence-electron chi connectivity index (χ2n) is 5.58. The van der Waals surface area contributed by atoms with Gasteiger partial charge in [0.15, 0.2) is 0 Å². The lowest BCUT2D eigenvalue weighted by Gasteiger charge is -2.32. The first-order chi connectivity index (χ1) is 9.17. The minimum Gasteiger partial charge on any atom is -0.329 e. The zero-order valence-corrected chi connectivity index (χ0v) is 13.2. The monoisotopic (exact) mass is 281 g/mol. The average molecular weight is 281 g/mol. The van der Waals surface area contributed by atoms with Gasteiger partial charge < -0.3 is 5.73 Å². The summed E-state index contributed by atoms with van der Waals surface area (Å²) in [6.45, 7) is 8.73. The maximum absolute atomic E-state index is 6.03. The molecule has 0 saturated carbocycles. The molecular formula is C15H27N3S. The van der Waals surface area contributed by atoms with Crippen molar-refractivity contribution in [2.45, 2.75) is 38.8 Å². The highest BCUT2D eigenvalue weighted by Gasteiger charge is 2.27. The summed E-state index contributed by atoms with van der Waals surface area (Å²) >= 11 is 1.84. The van der Waals surface area contributed by atoms with Crippen LogP contribution in [0, 0.1) is 6.92 Å². The molecule has 3 nitrogen and oxygen atoms in total. The van der Waals surface area contributed by atoms with Crippen molar-refractivity contribution in [3.63, 3.8) is 0 Å². The van der Waals surface area contributed by atoms with Crippen LogP contribution in [0.2, 0.25) is 0 Å². The Balaban J connectivity index is 2.01. The molecule has 1 aliphatic heterocycles. The lowest BCUT2D eigenvalue weighted by molar-refractivity contribution is 0.167. The molecule has 0 amide bonds. The lowest BCUT2D eigenvalue weighted by Crippen LogP contribution is -2.41. The van der Waals surface area contributed by atoms with Crippen molar-refractivity contribution in [1.82, 2.24) is 9.80 Å². The number of likely N-dealkylation sites (N-methyl/N-ethyl adjacent to an activating group) is 2. The molecule has 1 saturated heterocycles. The summed E-state index contributed by atoms with van der Waals surface area (Å²) in [5.74, 6) is 0. The Labute approximate surface area is 121 Å². The highest BCUT2D eigenvalue weighted by Crippen LogP contribution is 2.28. The highest BCUT2D eigenvalue weighted by molar-refractivity contribution is 7.10. The molecule has 0 spiro atoms. The van der Waals surface area contributed by atoms with Gasteiger partial charge in [-0.05, 0) is 56.9 Å². The van der Waals surface area contributed by atoms with Gasteiger partial charge in [0.1, 0.15) is 0 Å². The van der Waals surface area contributed by atoms with E-state index in [1.165, 1.54) is 36.4 Å². The molecule has 1 fully saturated rings. The summed E-state index contributed by atoms with van der Waals surface area (Å²) in [5, 5.41) is 2.18. The van der Waals surface area contributed by atoms with Gasteiger partial charge in [-0.3, -0.25) is 9.80 Å². The van der Waals surface area contributed by atoms with Gasteiger partial charge in [0.2, 0.25) is 0 Å². The largest absolute Gasteiger partial charge is 0.329 e. The molecule has 2 atom stereocenters. The maximum atomic E-state index is 6.03. The van der Waals surface area contributed by atoms with E-state index < -0.39 is 0 Å². The Morgan fingerprint density at radius 2 is 2.37 bits per heavy atom. The number of nitrogens with zero attached hydrogens (tertiary/aromatic N) is 2. The van der Waals surface area contributed by atoms with Crippen LogP contribution in [0.5, 0.6) is 0 Å². The Morgan fingerprint density at radius 1 is 1.58 bits per heavy atom. The van der Waals surface area contributed by atoms with Crippen molar-refractivity contribution in [2.24, 2.45) is 5.73 Å². The molecule has 2 N–H and O–H groups in total. The van der Waals surface area contributed by atoms with Gasteiger partial charge in [0, 0.05) is 24.0 Å². The minimum atomic E-state index is 0.374. The van der Waals surface area contributed by atoms with E-state index in [1.807, 2.05) is 11.3 Å². The Hall–Kier alpha value is -0.420. The fourth-order valence-corrected chi connectivity index (χ4v) is 4.30. The molecule has 0 aliphatic carbocycles. The van der Waals surface area contributed by atoms with E-state index in [1.54, 1.807) is 0 Å². The number of likely N-dealkylation sites (tertiary alicyclic amines) is 1. The summed E-state index contributed by atoms with van der Waals surface area (Å²) in [5.41, 5.74) is 7.41. The molecular weight excluding hydrogens is 254 g/mol. The summed E-state index contributed by atoms with van der Waals surface area (Å²) in [6.07, 6.45) is 2.68. The van der Waals surface area contributed by atoms with Gasteiger partial charge in [-0.25, -0.2) is 0 Å². The first-order valence-corrected chi connectivity index (χ1v) is 8.23. The molecule has 108 valence electrons. The van der Waals surface area contributed by atoms with E-state index in [2.05, 4.69) is 42.1 Å². The molecule has 1 aromatic rings. The molecule has 0 bridgehead atoms. The Bertz CT molecular complexity index is 390. The molecule has 19 heavy (non-hydrogen) atoms. The zero-order valence-electron chi connectivity index (χ0n) is 12.4. The second kappa shape index (κ2) is 6.84. The van der Waals surface area contributed by atoms with E-state index >= 15 is 0 Å². The van der Waals surface area contributed by atoms with Crippen molar-refractivity contribution >= 4 is 11.3 Å². The van der Waals surface area contributed by atoms with Crippen molar-refractivity contribution in [2.75, 3.05) is 33.2 Å². The molecule has 1 aliphatic rings. The lowest BCUT2D eigenvalue weighted by atomic mass is 10.1. The summed E-state index contributed by atoms with van der Waals surface area (Å²) in [4.78, 5) is 6.49. The summed E-state index contributed by atoms with van der Waals surface area (Å²) in [6, 6.07) is 3.29. The standard InChI is InChI=1S/C15H27N3S/c1-4-18-8-5-6-13(18)11-17(3)14(10-16)15-12(2)7-9-19-15/h7,9,13-14H,4-6,8,10-11,16H2,1-3H3. The van der Waals surface area contributed by atoms with Crippen LogP contribution in [0.4, 0.5) is 0 Å². The van der Waals surface area contributed by atoms with Gasteiger partial charge in [-0.2, -0.15) is 0 Å². The first kappa shape index (κ1) is 15.0. The van der Waals surface area contributed by atoms with Crippen molar-refractivity contribution < 1.29 is 0 Å². The average Bonchev–Trinajstić information content (AvgIpc) is 3.00. The smallest absolute Gasteiger partial charge is 0.0565 e. The number of rotatable bonds is 6. The number of hydrogen-bond donors (Lipinski definition) is 1. The molecule has 1 aromatic heterocycles. The van der Waals surface area contributed by atoms with Crippen LogP contribution < -0.4 is 5.73 Å². The highest BCUT2D eigenvalue weighted by atomic mass is 32.1. The number of nitrogens with two attached hydrogens (primary N) is 1. The predicted molar refractivity (Wildman–Crippen MR) is 83.8 cm³/mol. The fourth-order valence-electron chi connectivity index (χ4n) is 3.19. The SMILES string of the molecule is CCN1CCCC1CN(C)C(CN)c1sccc1C. The van der Waals surface area contributed by atoms with E-state index in [-0.39, 0.29) is 0 Å². The van der Waals surface area contributed by atoms with Crippen LogP contribution in [-0.2, 0) is 0 Å². The van der Waals surface area contributed by atoms with Crippen LogP contribution in [0.25, 0.3) is 0 Å². The molecule has 2 heterocycles. The van der Waals surface area contributed by atoms with Gasteiger partial charge >= 0.3 is 0 Å². The van der Waals surface area contributed by atoms with Crippen LogP contribution in [0.1, 0.15) is 36.2 Å². The number of aryl methyl sites for hydroxylation is 1. The van der Waals surface area contributed by atoms with E-state index in [4.69, 9.17) is 5.73 Å². The van der Waals surface area contributed by atoms with Crippen LogP contribution >= 0.6 is 11.3 Å². The predicted octanol–water partition coefficient (Wildman–Crippen LogP) is 2.47. The Kier molecular flexibility index (Phi) is 5.39. The number of thiophene rings is 1. The molecule has 0 radical (unpaired) electrons. The third-order valence-corrected chi connectivity index (χ3v) is 5.48. The van der Waals surface area contributed by atoms with Crippen LogP contribution in [0.3, 0.4) is 0 Å². The van der Waals surface area contributed by atoms with E-state index in [9.17, 15) is 0 Å². The fraction of sp³-hybridized carbons (Fsp3) is 0.733. The summed E-state index contributed by atoms with van der Waals surface area (Å²) in [7, 11) is 2.23. The molecule has 4 heteroatoms. The number of hydrogen-bond acceptors (Lipinski definition) is 4. The normalized spacial score (nSPS) is 22.3. The topological polar surface area (TPSA) is 32.5 Å².